The number of rotatable bonds is 5. The molecule has 0 aliphatic carbocycles. The van der Waals surface area contributed by atoms with Crippen molar-refractivity contribution >= 4 is 40.8 Å². The number of anilines is 1. The molecule has 1 aromatic carbocycles. The molecule has 0 aliphatic rings. The van der Waals surface area contributed by atoms with Crippen LogP contribution in [0.15, 0.2) is 24.4 Å². The molecule has 128 valence electrons. The van der Waals surface area contributed by atoms with E-state index in [2.05, 4.69) is 10.4 Å². The van der Waals surface area contributed by atoms with E-state index in [-0.39, 0.29) is 28.1 Å². The van der Waals surface area contributed by atoms with Gasteiger partial charge < -0.3 is 10.1 Å². The highest BCUT2D eigenvalue weighted by atomic mass is 35.5. The average molecular weight is 370 g/mol. The second-order valence-corrected chi connectivity index (χ2v) is 6.12. The lowest BCUT2D eigenvalue weighted by Gasteiger charge is -2.09. The molecule has 2 aromatic rings. The Labute approximate surface area is 149 Å². The first-order chi connectivity index (χ1) is 11.3. The van der Waals surface area contributed by atoms with E-state index in [4.69, 9.17) is 27.9 Å². The number of esters is 1. The highest BCUT2D eigenvalue weighted by molar-refractivity contribution is 6.37. The summed E-state index contributed by atoms with van der Waals surface area (Å²) in [4.78, 5) is 24.6. The predicted octanol–water partition coefficient (Wildman–Crippen LogP) is 4.03. The Morgan fingerprint density at radius 2 is 2.04 bits per heavy atom. The number of carbonyl (C=O) groups excluding carboxylic acids is 2. The molecule has 0 unspecified atom stereocenters. The summed E-state index contributed by atoms with van der Waals surface area (Å²) in [6, 6.07) is 4.55. The summed E-state index contributed by atoms with van der Waals surface area (Å²) < 4.78 is 6.69. The van der Waals surface area contributed by atoms with Crippen LogP contribution in [0.2, 0.25) is 10.0 Å². The van der Waals surface area contributed by atoms with Crippen LogP contribution >= 0.6 is 23.2 Å². The molecule has 2 rings (SSSR count). The first-order valence-electron chi connectivity index (χ1n) is 7.36. The van der Waals surface area contributed by atoms with E-state index in [9.17, 15) is 9.59 Å². The maximum Gasteiger partial charge on any atom is 0.361 e. The summed E-state index contributed by atoms with van der Waals surface area (Å²) in [7, 11) is 0. The van der Waals surface area contributed by atoms with Crippen molar-refractivity contribution in [3.8, 4) is 0 Å². The Hall–Kier alpha value is -2.05. The number of nitrogens with zero attached hydrogens (tertiary/aromatic N) is 2. The van der Waals surface area contributed by atoms with Gasteiger partial charge >= 0.3 is 5.97 Å². The van der Waals surface area contributed by atoms with Crippen molar-refractivity contribution in [1.82, 2.24) is 9.78 Å². The van der Waals surface area contributed by atoms with E-state index < -0.39 is 11.9 Å². The summed E-state index contributed by atoms with van der Waals surface area (Å²) in [5.41, 5.74) is 0.552. The minimum Gasteiger partial charge on any atom is -0.458 e. The molecule has 1 amide bonds. The molecule has 1 aromatic heterocycles. The number of hydrogen-bond acceptors (Lipinski definition) is 4. The molecule has 0 saturated carbocycles. The van der Waals surface area contributed by atoms with E-state index >= 15 is 0 Å². The lowest BCUT2D eigenvalue weighted by atomic mass is 10.2. The van der Waals surface area contributed by atoms with Crippen LogP contribution in [0.25, 0.3) is 0 Å². The van der Waals surface area contributed by atoms with Crippen LogP contribution in [0.1, 0.15) is 41.6 Å². The summed E-state index contributed by atoms with van der Waals surface area (Å²) in [5.74, 6) is -1.07. The molecular formula is C16H17Cl2N3O3. The maximum absolute atomic E-state index is 12.4. The molecule has 0 atom stereocenters. The molecule has 0 aliphatic heterocycles. The van der Waals surface area contributed by atoms with Gasteiger partial charge in [-0.05, 0) is 39.0 Å². The topological polar surface area (TPSA) is 73.2 Å². The van der Waals surface area contributed by atoms with E-state index in [0.717, 1.165) is 0 Å². The lowest BCUT2D eigenvalue weighted by Crippen LogP contribution is -2.17. The number of ether oxygens (including phenoxy) is 1. The third-order valence-electron chi connectivity index (χ3n) is 3.05. The summed E-state index contributed by atoms with van der Waals surface area (Å²) in [5, 5.41) is 7.43. The van der Waals surface area contributed by atoms with Gasteiger partial charge in [-0.25, -0.2) is 4.79 Å². The number of amides is 1. The molecule has 8 heteroatoms. The fraction of sp³-hybridized carbons (Fsp3) is 0.312. The van der Waals surface area contributed by atoms with Crippen LogP contribution in [0.5, 0.6) is 0 Å². The van der Waals surface area contributed by atoms with E-state index in [1.54, 1.807) is 26.1 Å². The highest BCUT2D eigenvalue weighted by Crippen LogP contribution is 2.23. The zero-order chi connectivity index (χ0) is 17.9. The quantitative estimate of drug-likeness (QED) is 0.807. The van der Waals surface area contributed by atoms with Crippen molar-refractivity contribution in [3.63, 3.8) is 0 Å². The fourth-order valence-corrected chi connectivity index (χ4v) is 2.45. The van der Waals surface area contributed by atoms with Gasteiger partial charge in [0.2, 0.25) is 0 Å². The van der Waals surface area contributed by atoms with Crippen LogP contribution in [-0.2, 0) is 11.3 Å². The monoisotopic (exact) mass is 369 g/mol. The van der Waals surface area contributed by atoms with Crippen molar-refractivity contribution in [3.05, 3.63) is 45.7 Å². The SMILES string of the molecule is CCn1cc(NC(=O)c2ccc(Cl)cc2Cl)c(C(=O)OC(C)C)n1. The average Bonchev–Trinajstić information content (AvgIpc) is 2.89. The smallest absolute Gasteiger partial charge is 0.361 e. The molecule has 6 nitrogen and oxygen atoms in total. The number of aryl methyl sites for hydroxylation is 1. The molecule has 1 N–H and O–H groups in total. The third kappa shape index (κ3) is 4.27. The van der Waals surface area contributed by atoms with Gasteiger partial charge in [0.25, 0.3) is 5.91 Å². The Balaban J connectivity index is 2.29. The molecule has 1 heterocycles. The minimum absolute atomic E-state index is 0.0454. The standard InChI is InChI=1S/C16H17Cl2N3O3/c1-4-21-8-13(14(20-21)16(23)24-9(2)3)19-15(22)11-6-5-10(17)7-12(11)18/h5-9H,4H2,1-3H3,(H,19,22). The number of aromatic nitrogens is 2. The summed E-state index contributed by atoms with van der Waals surface area (Å²) in [6.07, 6.45) is 1.28. The van der Waals surface area contributed by atoms with Gasteiger partial charge in [0.15, 0.2) is 5.69 Å². The lowest BCUT2D eigenvalue weighted by molar-refractivity contribution is 0.0371. The minimum atomic E-state index is -0.602. The van der Waals surface area contributed by atoms with Gasteiger partial charge in [-0.1, -0.05) is 23.2 Å². The fourth-order valence-electron chi connectivity index (χ4n) is 1.96. The Kier molecular flexibility index (Phi) is 5.85. The molecule has 0 bridgehead atoms. The number of nitrogens with one attached hydrogen (secondary N) is 1. The summed E-state index contributed by atoms with van der Waals surface area (Å²) in [6.45, 7) is 5.88. The number of carbonyl (C=O) groups is 2. The van der Waals surface area contributed by atoms with Gasteiger partial charge in [-0.2, -0.15) is 5.10 Å². The van der Waals surface area contributed by atoms with Gasteiger partial charge in [-0.3, -0.25) is 9.48 Å². The zero-order valence-corrected chi connectivity index (χ0v) is 15.0. The van der Waals surface area contributed by atoms with Crippen LogP contribution in [0.3, 0.4) is 0 Å². The van der Waals surface area contributed by atoms with Crippen LogP contribution < -0.4 is 5.32 Å². The highest BCUT2D eigenvalue weighted by Gasteiger charge is 2.22. The van der Waals surface area contributed by atoms with Crippen molar-refractivity contribution in [2.75, 3.05) is 5.32 Å². The first kappa shape index (κ1) is 18.3. The van der Waals surface area contributed by atoms with Crippen LogP contribution in [0.4, 0.5) is 5.69 Å². The molecule has 0 radical (unpaired) electrons. The maximum atomic E-state index is 12.4. The van der Waals surface area contributed by atoms with E-state index in [1.807, 2.05) is 6.92 Å². The number of benzene rings is 1. The normalized spacial score (nSPS) is 10.8. The predicted molar refractivity (Wildman–Crippen MR) is 92.9 cm³/mol. The zero-order valence-electron chi connectivity index (χ0n) is 13.5. The van der Waals surface area contributed by atoms with Crippen molar-refractivity contribution in [2.24, 2.45) is 0 Å². The Morgan fingerprint density at radius 3 is 2.62 bits per heavy atom. The van der Waals surface area contributed by atoms with Gasteiger partial charge in [0.05, 0.1) is 22.4 Å². The summed E-state index contributed by atoms with van der Waals surface area (Å²) >= 11 is 11.9. The van der Waals surface area contributed by atoms with Gasteiger partial charge in [0, 0.05) is 17.8 Å². The molecule has 0 spiro atoms. The second-order valence-electron chi connectivity index (χ2n) is 5.28. The molecule has 0 fully saturated rings. The first-order valence-corrected chi connectivity index (χ1v) is 8.12. The van der Waals surface area contributed by atoms with Gasteiger partial charge in [0.1, 0.15) is 0 Å². The van der Waals surface area contributed by atoms with E-state index in [0.29, 0.717) is 11.6 Å². The molecular weight excluding hydrogens is 353 g/mol. The third-order valence-corrected chi connectivity index (χ3v) is 3.59. The Bertz CT molecular complexity index is 772. The van der Waals surface area contributed by atoms with E-state index in [1.165, 1.54) is 16.8 Å². The van der Waals surface area contributed by atoms with Crippen molar-refractivity contribution < 1.29 is 14.3 Å². The van der Waals surface area contributed by atoms with Crippen molar-refractivity contribution in [2.45, 2.75) is 33.4 Å². The largest absolute Gasteiger partial charge is 0.458 e. The molecule has 0 saturated heterocycles. The van der Waals surface area contributed by atoms with Gasteiger partial charge in [-0.15, -0.1) is 0 Å². The van der Waals surface area contributed by atoms with Crippen LogP contribution in [-0.4, -0.2) is 27.8 Å². The second kappa shape index (κ2) is 7.68. The number of hydrogen-bond donors (Lipinski definition) is 1. The molecule has 24 heavy (non-hydrogen) atoms. The Morgan fingerprint density at radius 1 is 1.33 bits per heavy atom. The van der Waals surface area contributed by atoms with Crippen molar-refractivity contribution in [1.29, 1.82) is 0 Å². The number of halogens is 2. The van der Waals surface area contributed by atoms with Crippen LogP contribution in [0, 0.1) is 0 Å².